The van der Waals surface area contributed by atoms with Crippen LogP contribution >= 0.6 is 0 Å². The monoisotopic (exact) mass is 536 g/mol. The highest BCUT2D eigenvalue weighted by molar-refractivity contribution is 5.98. The van der Waals surface area contributed by atoms with Crippen LogP contribution in [0.3, 0.4) is 0 Å². The van der Waals surface area contributed by atoms with Crippen LogP contribution in [0.1, 0.15) is 23.0 Å². The van der Waals surface area contributed by atoms with Gasteiger partial charge in [0.2, 0.25) is 5.95 Å². The van der Waals surface area contributed by atoms with Crippen LogP contribution in [0.2, 0.25) is 0 Å². The first-order valence-electron chi connectivity index (χ1n) is 12.5. The zero-order valence-electron chi connectivity index (χ0n) is 21.2. The smallest absolute Gasteiger partial charge is 0.347 e. The summed E-state index contributed by atoms with van der Waals surface area (Å²) in [6.45, 7) is 5.66. The zero-order valence-corrected chi connectivity index (χ0v) is 21.2. The van der Waals surface area contributed by atoms with E-state index in [-0.39, 0.29) is 17.4 Å². The minimum atomic E-state index is -4.52. The molecule has 2 aromatic carbocycles. The maximum atomic E-state index is 13.4. The van der Waals surface area contributed by atoms with E-state index in [4.69, 9.17) is 0 Å². The average Bonchev–Trinajstić information content (AvgIpc) is 3.40. The maximum absolute atomic E-state index is 13.4. The molecule has 39 heavy (non-hydrogen) atoms. The van der Waals surface area contributed by atoms with Crippen molar-refractivity contribution in [3.63, 3.8) is 0 Å². The van der Waals surface area contributed by atoms with Gasteiger partial charge < -0.3 is 10.2 Å². The Balaban J connectivity index is 1.31. The van der Waals surface area contributed by atoms with E-state index in [0.717, 1.165) is 38.3 Å². The molecule has 1 fully saturated rings. The number of anilines is 1. The largest absolute Gasteiger partial charge is 0.416 e. The Morgan fingerprint density at radius 1 is 0.974 bits per heavy atom. The minimum Gasteiger partial charge on any atom is -0.347 e. The fourth-order valence-corrected chi connectivity index (χ4v) is 4.59. The average molecular weight is 537 g/mol. The molecule has 1 N–H and O–H groups in total. The molecule has 1 saturated heterocycles. The first-order chi connectivity index (χ1) is 18.8. The van der Waals surface area contributed by atoms with Gasteiger partial charge in [0, 0.05) is 56.7 Å². The van der Waals surface area contributed by atoms with E-state index in [1.807, 2.05) is 13.0 Å². The lowest BCUT2D eigenvalue weighted by Crippen LogP contribution is -2.51. The van der Waals surface area contributed by atoms with Crippen LogP contribution in [0.15, 0.2) is 73.1 Å². The number of piperazine rings is 1. The number of hydrogen-bond donors (Lipinski definition) is 1. The van der Waals surface area contributed by atoms with Crippen molar-refractivity contribution in [2.45, 2.75) is 19.1 Å². The van der Waals surface area contributed by atoms with E-state index in [2.05, 4.69) is 35.4 Å². The molecule has 12 heteroatoms. The third-order valence-corrected chi connectivity index (χ3v) is 6.47. The molecule has 1 amide bonds. The Morgan fingerprint density at radius 2 is 1.69 bits per heavy atom. The molecule has 202 valence electrons. The quantitative estimate of drug-likeness (QED) is 0.385. The second-order valence-corrected chi connectivity index (χ2v) is 9.32. The Morgan fingerprint density at radius 3 is 2.38 bits per heavy atom. The number of carbonyl (C=O) groups is 1. The lowest BCUT2D eigenvalue weighted by Gasteiger charge is -2.35. The molecule has 0 spiro atoms. The normalized spacial score (nSPS) is 15.2. The Hall–Kier alpha value is -4.32. The number of aromatic nitrogens is 5. The van der Waals surface area contributed by atoms with Gasteiger partial charge in [-0.1, -0.05) is 41.6 Å². The van der Waals surface area contributed by atoms with Crippen molar-refractivity contribution in [2.24, 2.45) is 0 Å². The third-order valence-electron chi connectivity index (χ3n) is 6.47. The van der Waals surface area contributed by atoms with Crippen LogP contribution in [-0.2, 0) is 6.18 Å². The van der Waals surface area contributed by atoms with Gasteiger partial charge in [0.1, 0.15) is 5.69 Å². The Kier molecular flexibility index (Phi) is 7.55. The molecule has 0 bridgehead atoms. The summed E-state index contributed by atoms with van der Waals surface area (Å²) in [5, 5.41) is 11.1. The number of rotatable bonds is 7. The summed E-state index contributed by atoms with van der Waals surface area (Å²) in [5.74, 6) is 0.256. The molecule has 2 aromatic heterocycles. The standard InChI is InChI=1S/C27H27F3N8O/c1-19(18-36-13-15-37(16-14-36)26-31-11-6-12-32-26)33-25(39)23-24(20-7-3-2-4-8-20)38(35-34-23)22-10-5-9-21(17-22)27(28,29)30/h2-12,17,19H,13-16,18H2,1H3,(H,33,39). The van der Waals surface area contributed by atoms with E-state index in [1.54, 1.807) is 42.7 Å². The van der Waals surface area contributed by atoms with E-state index in [0.29, 0.717) is 23.8 Å². The predicted molar refractivity (Wildman–Crippen MR) is 139 cm³/mol. The second kappa shape index (κ2) is 11.2. The van der Waals surface area contributed by atoms with Gasteiger partial charge in [-0.25, -0.2) is 14.6 Å². The molecular formula is C27H27F3N8O. The van der Waals surface area contributed by atoms with Crippen molar-refractivity contribution >= 4 is 11.9 Å². The Bertz CT molecular complexity index is 1400. The highest BCUT2D eigenvalue weighted by Crippen LogP contribution is 2.32. The number of amides is 1. The number of halogens is 3. The van der Waals surface area contributed by atoms with Gasteiger partial charge in [-0.3, -0.25) is 9.69 Å². The highest BCUT2D eigenvalue weighted by Gasteiger charge is 2.31. The third kappa shape index (κ3) is 6.06. The lowest BCUT2D eigenvalue weighted by atomic mass is 10.1. The van der Waals surface area contributed by atoms with Gasteiger partial charge in [0.25, 0.3) is 5.91 Å². The number of alkyl halides is 3. The molecular weight excluding hydrogens is 509 g/mol. The molecule has 0 aliphatic carbocycles. The lowest BCUT2D eigenvalue weighted by molar-refractivity contribution is -0.137. The van der Waals surface area contributed by atoms with Crippen molar-refractivity contribution in [3.8, 4) is 16.9 Å². The van der Waals surface area contributed by atoms with Crippen LogP contribution in [-0.4, -0.2) is 74.5 Å². The van der Waals surface area contributed by atoms with Gasteiger partial charge in [0.15, 0.2) is 5.69 Å². The van der Waals surface area contributed by atoms with Gasteiger partial charge in [-0.05, 0) is 31.2 Å². The van der Waals surface area contributed by atoms with Crippen LogP contribution in [0.5, 0.6) is 0 Å². The number of benzene rings is 2. The zero-order chi connectivity index (χ0) is 27.4. The van der Waals surface area contributed by atoms with Gasteiger partial charge in [0.05, 0.1) is 11.3 Å². The van der Waals surface area contributed by atoms with Crippen LogP contribution in [0.25, 0.3) is 16.9 Å². The summed E-state index contributed by atoms with van der Waals surface area (Å²) in [6.07, 6.45) is -1.07. The molecule has 1 aliphatic heterocycles. The Labute approximate surface area is 223 Å². The fourth-order valence-electron chi connectivity index (χ4n) is 4.59. The molecule has 0 saturated carbocycles. The molecule has 0 radical (unpaired) electrons. The molecule has 5 rings (SSSR count). The summed E-state index contributed by atoms with van der Waals surface area (Å²) in [5.41, 5.74) is 0.307. The van der Waals surface area contributed by atoms with Crippen molar-refractivity contribution in [1.29, 1.82) is 0 Å². The number of nitrogens with one attached hydrogen (secondary N) is 1. The minimum absolute atomic E-state index is 0.0384. The maximum Gasteiger partial charge on any atom is 0.416 e. The van der Waals surface area contributed by atoms with Crippen LogP contribution in [0, 0.1) is 0 Å². The molecule has 1 aliphatic rings. The number of hydrogen-bond acceptors (Lipinski definition) is 7. The van der Waals surface area contributed by atoms with Crippen molar-refractivity contribution in [1.82, 2.24) is 35.2 Å². The topological polar surface area (TPSA) is 92.1 Å². The molecule has 3 heterocycles. The SMILES string of the molecule is CC(CN1CCN(c2ncccn2)CC1)NC(=O)c1nnn(-c2cccc(C(F)(F)F)c2)c1-c1ccccc1. The van der Waals surface area contributed by atoms with Crippen LogP contribution in [0.4, 0.5) is 19.1 Å². The van der Waals surface area contributed by atoms with Gasteiger partial charge in [-0.2, -0.15) is 13.2 Å². The van der Waals surface area contributed by atoms with Gasteiger partial charge in [-0.15, -0.1) is 5.10 Å². The molecule has 4 aromatic rings. The first kappa shape index (κ1) is 26.3. The van der Waals surface area contributed by atoms with E-state index >= 15 is 0 Å². The van der Waals surface area contributed by atoms with Crippen molar-refractivity contribution < 1.29 is 18.0 Å². The van der Waals surface area contributed by atoms with Crippen molar-refractivity contribution in [2.75, 3.05) is 37.6 Å². The molecule has 1 unspecified atom stereocenters. The van der Waals surface area contributed by atoms with Gasteiger partial charge >= 0.3 is 6.18 Å². The highest BCUT2D eigenvalue weighted by atomic mass is 19.4. The molecule has 9 nitrogen and oxygen atoms in total. The summed E-state index contributed by atoms with van der Waals surface area (Å²) in [7, 11) is 0. The summed E-state index contributed by atoms with van der Waals surface area (Å²) < 4.78 is 41.4. The first-order valence-corrected chi connectivity index (χ1v) is 12.5. The van der Waals surface area contributed by atoms with E-state index in [1.165, 1.54) is 16.8 Å². The predicted octanol–water partition coefficient (Wildman–Crippen LogP) is 3.68. The van der Waals surface area contributed by atoms with E-state index in [9.17, 15) is 18.0 Å². The number of carbonyl (C=O) groups excluding carboxylic acids is 1. The summed E-state index contributed by atoms with van der Waals surface area (Å²) in [6, 6.07) is 15.3. The summed E-state index contributed by atoms with van der Waals surface area (Å²) >= 11 is 0. The fraction of sp³-hybridized carbons (Fsp3) is 0.296. The molecule has 1 atom stereocenters. The number of nitrogens with zero attached hydrogens (tertiary/aromatic N) is 7. The second-order valence-electron chi connectivity index (χ2n) is 9.32. The summed E-state index contributed by atoms with van der Waals surface area (Å²) in [4.78, 5) is 26.3. The van der Waals surface area contributed by atoms with E-state index < -0.39 is 17.6 Å². The van der Waals surface area contributed by atoms with Crippen molar-refractivity contribution in [3.05, 3.63) is 84.3 Å². The van der Waals surface area contributed by atoms with Crippen LogP contribution < -0.4 is 10.2 Å².